The van der Waals surface area contributed by atoms with Crippen LogP contribution in [0.1, 0.15) is 30.1 Å². The van der Waals surface area contributed by atoms with Gasteiger partial charge < -0.3 is 10.0 Å². The number of likely N-dealkylation sites (tertiary alicyclic amines) is 1. The van der Waals surface area contributed by atoms with Crippen molar-refractivity contribution in [2.45, 2.75) is 25.8 Å². The molecule has 1 amide bonds. The Kier molecular flexibility index (Phi) is 4.39. The molecule has 1 aromatic rings. The first kappa shape index (κ1) is 15.9. The van der Waals surface area contributed by atoms with E-state index in [1.165, 1.54) is 4.90 Å². The maximum Gasteiger partial charge on any atom is 0.308 e. The van der Waals surface area contributed by atoms with E-state index >= 15 is 0 Å². The van der Waals surface area contributed by atoms with Gasteiger partial charge in [0.1, 0.15) is 5.82 Å². The molecule has 1 N–H and O–H groups in total. The van der Waals surface area contributed by atoms with E-state index in [-0.39, 0.29) is 18.2 Å². The fourth-order valence-electron chi connectivity index (χ4n) is 2.54. The van der Waals surface area contributed by atoms with Gasteiger partial charge in [0.05, 0.1) is 22.5 Å². The minimum Gasteiger partial charge on any atom is -0.481 e. The second-order valence-electron chi connectivity index (χ2n) is 5.34. The molecule has 0 bridgehead atoms. The van der Waals surface area contributed by atoms with Crippen molar-refractivity contribution >= 4 is 17.6 Å². The summed E-state index contributed by atoms with van der Waals surface area (Å²) in [6.07, 6.45) is 0.973. The number of nitrogens with zero attached hydrogens (tertiary/aromatic N) is 2. The molecule has 1 aliphatic heterocycles. The van der Waals surface area contributed by atoms with Gasteiger partial charge in [-0.05, 0) is 25.8 Å². The molecular weight excluding hydrogens is 295 g/mol. The minimum atomic E-state index is -0.992. The predicted octanol–water partition coefficient (Wildman–Crippen LogP) is 2.06. The highest BCUT2D eigenvalue weighted by atomic mass is 19.1. The van der Waals surface area contributed by atoms with Gasteiger partial charge in [0, 0.05) is 18.7 Å². The molecular formula is C14H15FN2O5. The average molecular weight is 310 g/mol. The molecule has 8 heteroatoms. The number of carboxylic acids is 1. The van der Waals surface area contributed by atoms with Gasteiger partial charge in [0.2, 0.25) is 0 Å². The van der Waals surface area contributed by atoms with Crippen molar-refractivity contribution in [1.29, 1.82) is 0 Å². The standard InChI is InChI=1S/C14H15FN2O5/c1-8-2-3-9(14(19)20)7-16(8)13(18)11-5-4-10(17(21)22)6-12(11)15/h4-6,8-9H,2-3,7H2,1H3,(H,19,20). The number of piperidine rings is 1. The van der Waals surface area contributed by atoms with E-state index < -0.39 is 34.2 Å². The van der Waals surface area contributed by atoms with Crippen LogP contribution in [0.5, 0.6) is 0 Å². The lowest BCUT2D eigenvalue weighted by atomic mass is 9.93. The molecule has 1 fully saturated rings. The molecule has 0 saturated carbocycles. The van der Waals surface area contributed by atoms with E-state index in [0.29, 0.717) is 18.9 Å². The summed E-state index contributed by atoms with van der Waals surface area (Å²) in [6, 6.07) is 2.60. The van der Waals surface area contributed by atoms with E-state index in [4.69, 9.17) is 5.11 Å². The van der Waals surface area contributed by atoms with Crippen LogP contribution < -0.4 is 0 Å². The Bertz CT molecular complexity index is 634. The lowest BCUT2D eigenvalue weighted by Gasteiger charge is -2.36. The maximum atomic E-state index is 13.9. The van der Waals surface area contributed by atoms with E-state index in [1.54, 1.807) is 6.92 Å². The molecule has 2 atom stereocenters. The Morgan fingerprint density at radius 3 is 2.64 bits per heavy atom. The molecule has 1 heterocycles. The highest BCUT2D eigenvalue weighted by Gasteiger charge is 2.34. The molecule has 1 saturated heterocycles. The van der Waals surface area contributed by atoms with Crippen LogP contribution >= 0.6 is 0 Å². The number of halogens is 1. The number of carbonyl (C=O) groups is 2. The first-order valence-electron chi connectivity index (χ1n) is 6.79. The van der Waals surface area contributed by atoms with Crippen LogP contribution in [0.4, 0.5) is 10.1 Å². The number of benzene rings is 1. The van der Waals surface area contributed by atoms with Gasteiger partial charge in [0.25, 0.3) is 11.6 Å². The zero-order valence-corrected chi connectivity index (χ0v) is 11.9. The van der Waals surface area contributed by atoms with Crippen molar-refractivity contribution in [1.82, 2.24) is 4.90 Å². The number of amides is 1. The second kappa shape index (κ2) is 6.08. The van der Waals surface area contributed by atoms with Gasteiger partial charge in [-0.3, -0.25) is 19.7 Å². The van der Waals surface area contributed by atoms with E-state index in [9.17, 15) is 24.1 Å². The molecule has 118 valence electrons. The minimum absolute atomic E-state index is 0.00572. The largest absolute Gasteiger partial charge is 0.481 e. The second-order valence-corrected chi connectivity index (χ2v) is 5.34. The summed E-state index contributed by atoms with van der Waals surface area (Å²) in [5, 5.41) is 19.6. The van der Waals surface area contributed by atoms with Crippen LogP contribution in [0.25, 0.3) is 0 Å². The Hall–Kier alpha value is -2.51. The third-order valence-electron chi connectivity index (χ3n) is 3.89. The molecule has 2 unspecified atom stereocenters. The Morgan fingerprint density at radius 1 is 1.41 bits per heavy atom. The summed E-state index contributed by atoms with van der Waals surface area (Å²) in [5.74, 6) is -3.30. The Morgan fingerprint density at radius 2 is 2.09 bits per heavy atom. The molecule has 7 nitrogen and oxygen atoms in total. The van der Waals surface area contributed by atoms with Crippen molar-refractivity contribution in [3.05, 3.63) is 39.7 Å². The van der Waals surface area contributed by atoms with E-state index in [2.05, 4.69) is 0 Å². The molecule has 0 aliphatic carbocycles. The molecule has 0 aromatic heterocycles. The van der Waals surface area contributed by atoms with Gasteiger partial charge in [0.15, 0.2) is 0 Å². The van der Waals surface area contributed by atoms with Crippen molar-refractivity contribution in [2.24, 2.45) is 5.92 Å². The number of nitro benzene ring substituents is 1. The fourth-order valence-corrected chi connectivity index (χ4v) is 2.54. The Balaban J connectivity index is 2.26. The molecule has 22 heavy (non-hydrogen) atoms. The SMILES string of the molecule is CC1CCC(C(=O)O)CN1C(=O)c1ccc([N+](=O)[O-])cc1F. The van der Waals surface area contributed by atoms with Crippen LogP contribution in [0.15, 0.2) is 18.2 Å². The first-order valence-corrected chi connectivity index (χ1v) is 6.79. The number of non-ortho nitro benzene ring substituents is 1. The quantitative estimate of drug-likeness (QED) is 0.680. The highest BCUT2D eigenvalue weighted by molar-refractivity contribution is 5.95. The summed E-state index contributed by atoms with van der Waals surface area (Å²) in [5.41, 5.74) is -0.729. The predicted molar refractivity (Wildman–Crippen MR) is 73.9 cm³/mol. The summed E-state index contributed by atoms with van der Waals surface area (Å²) >= 11 is 0. The van der Waals surface area contributed by atoms with Gasteiger partial charge >= 0.3 is 5.97 Å². The number of nitro groups is 1. The molecule has 0 spiro atoms. The molecule has 1 aromatic carbocycles. The number of carbonyl (C=O) groups excluding carboxylic acids is 1. The van der Waals surface area contributed by atoms with Crippen LogP contribution in [-0.4, -0.2) is 39.4 Å². The van der Waals surface area contributed by atoms with Crippen LogP contribution in [0.3, 0.4) is 0 Å². The van der Waals surface area contributed by atoms with Gasteiger partial charge in [-0.15, -0.1) is 0 Å². The van der Waals surface area contributed by atoms with Crippen LogP contribution in [0, 0.1) is 21.8 Å². The molecule has 0 radical (unpaired) electrons. The number of hydrogen-bond donors (Lipinski definition) is 1. The number of aliphatic carboxylic acids is 1. The number of carboxylic acid groups (broad SMARTS) is 1. The summed E-state index contributed by atoms with van der Waals surface area (Å²) in [7, 11) is 0. The van der Waals surface area contributed by atoms with E-state index in [1.807, 2.05) is 0 Å². The zero-order valence-electron chi connectivity index (χ0n) is 11.9. The monoisotopic (exact) mass is 310 g/mol. The van der Waals surface area contributed by atoms with Crippen molar-refractivity contribution in [3.63, 3.8) is 0 Å². The summed E-state index contributed by atoms with van der Waals surface area (Å²) in [6.45, 7) is 1.77. The van der Waals surface area contributed by atoms with Crippen LogP contribution in [-0.2, 0) is 4.79 Å². The first-order chi connectivity index (χ1) is 10.3. The lowest BCUT2D eigenvalue weighted by Crippen LogP contribution is -2.47. The average Bonchev–Trinajstić information content (AvgIpc) is 2.46. The van der Waals surface area contributed by atoms with Crippen LogP contribution in [0.2, 0.25) is 0 Å². The van der Waals surface area contributed by atoms with Gasteiger partial charge in [-0.2, -0.15) is 0 Å². The maximum absolute atomic E-state index is 13.9. The van der Waals surface area contributed by atoms with Crippen molar-refractivity contribution < 1.29 is 24.0 Å². The lowest BCUT2D eigenvalue weighted by molar-refractivity contribution is -0.385. The number of hydrogen-bond acceptors (Lipinski definition) is 4. The topological polar surface area (TPSA) is 101 Å². The summed E-state index contributed by atoms with van der Waals surface area (Å²) < 4.78 is 13.9. The fraction of sp³-hybridized carbons (Fsp3) is 0.429. The zero-order chi connectivity index (χ0) is 16.4. The highest BCUT2D eigenvalue weighted by Crippen LogP contribution is 2.25. The van der Waals surface area contributed by atoms with E-state index in [0.717, 1.165) is 12.1 Å². The summed E-state index contributed by atoms with van der Waals surface area (Å²) in [4.78, 5) is 34.6. The number of rotatable bonds is 3. The normalized spacial score (nSPS) is 21.5. The smallest absolute Gasteiger partial charge is 0.308 e. The van der Waals surface area contributed by atoms with Crippen molar-refractivity contribution in [3.8, 4) is 0 Å². The molecule has 2 rings (SSSR count). The third kappa shape index (κ3) is 3.05. The molecule has 1 aliphatic rings. The van der Waals surface area contributed by atoms with Gasteiger partial charge in [-0.1, -0.05) is 0 Å². The Labute approximate surface area is 125 Å². The van der Waals surface area contributed by atoms with Gasteiger partial charge in [-0.25, -0.2) is 4.39 Å². The van der Waals surface area contributed by atoms with Crippen molar-refractivity contribution in [2.75, 3.05) is 6.54 Å². The third-order valence-corrected chi connectivity index (χ3v) is 3.89.